The standard InChI is InChI=1S/C30H30Cl2FN3O2/c1-16-8-11-18(12-9-16)34-27(37)26-24(19-6-5-7-21(32)25(19)33)30(23(36-26)15-29(2,3)4)20-13-10-17(31)14-22(20)35-28(30)38/h5-14,23-24,26,36H,15H2,1-4H3,(H,34,37)(H,35,38)/t23-,24-,26+,30+/m0/s1. The van der Waals surface area contributed by atoms with Crippen molar-refractivity contribution >= 4 is 46.4 Å². The zero-order valence-corrected chi connectivity index (χ0v) is 23.2. The van der Waals surface area contributed by atoms with E-state index in [0.29, 0.717) is 28.4 Å². The third kappa shape index (κ3) is 4.49. The molecule has 0 saturated carbocycles. The normalized spacial score (nSPS) is 24.4. The van der Waals surface area contributed by atoms with Gasteiger partial charge in [0.2, 0.25) is 11.8 Å². The maximum atomic E-state index is 15.8. The molecule has 2 heterocycles. The predicted octanol–water partition coefficient (Wildman–Crippen LogP) is 6.83. The molecule has 0 unspecified atom stereocenters. The van der Waals surface area contributed by atoms with Gasteiger partial charge in [-0.2, -0.15) is 0 Å². The van der Waals surface area contributed by atoms with Crippen LogP contribution in [0.4, 0.5) is 15.8 Å². The maximum Gasteiger partial charge on any atom is 0.242 e. The van der Waals surface area contributed by atoms with E-state index < -0.39 is 29.2 Å². The van der Waals surface area contributed by atoms with Gasteiger partial charge in [0.05, 0.1) is 11.1 Å². The first-order valence-electron chi connectivity index (χ1n) is 12.6. The van der Waals surface area contributed by atoms with Crippen molar-refractivity contribution in [2.45, 2.75) is 57.5 Å². The lowest BCUT2D eigenvalue weighted by atomic mass is 9.62. The summed E-state index contributed by atoms with van der Waals surface area (Å²) in [5, 5.41) is 9.84. The van der Waals surface area contributed by atoms with Gasteiger partial charge >= 0.3 is 0 Å². The highest BCUT2D eigenvalue weighted by molar-refractivity contribution is 6.31. The number of amides is 2. The summed E-state index contributed by atoms with van der Waals surface area (Å²) in [4.78, 5) is 28.0. The molecule has 1 spiro atoms. The number of aryl methyl sites for hydroxylation is 1. The summed E-state index contributed by atoms with van der Waals surface area (Å²) in [6.07, 6.45) is 0.551. The molecule has 38 heavy (non-hydrogen) atoms. The van der Waals surface area contributed by atoms with Gasteiger partial charge in [-0.25, -0.2) is 4.39 Å². The average Bonchev–Trinajstić information content (AvgIpc) is 3.31. The molecule has 2 amide bonds. The van der Waals surface area contributed by atoms with E-state index >= 15 is 4.39 Å². The first-order chi connectivity index (χ1) is 17.9. The lowest BCUT2D eigenvalue weighted by Crippen LogP contribution is -2.49. The molecule has 0 bridgehead atoms. The van der Waals surface area contributed by atoms with E-state index in [2.05, 4.69) is 36.7 Å². The van der Waals surface area contributed by atoms with E-state index in [1.54, 1.807) is 24.3 Å². The summed E-state index contributed by atoms with van der Waals surface area (Å²) in [6, 6.07) is 16.0. The number of hydrogen-bond donors (Lipinski definition) is 3. The smallest absolute Gasteiger partial charge is 0.242 e. The molecule has 0 aromatic heterocycles. The second kappa shape index (κ2) is 9.67. The third-order valence-electron chi connectivity index (χ3n) is 7.54. The molecule has 1 saturated heterocycles. The van der Waals surface area contributed by atoms with E-state index in [9.17, 15) is 9.59 Å². The lowest BCUT2D eigenvalue weighted by molar-refractivity contribution is -0.122. The Hall–Kier alpha value is -2.93. The highest BCUT2D eigenvalue weighted by Gasteiger charge is 2.66. The molecular formula is C30H30Cl2FN3O2. The van der Waals surface area contributed by atoms with Gasteiger partial charge in [0.15, 0.2) is 0 Å². The van der Waals surface area contributed by atoms with Crippen molar-refractivity contribution in [1.29, 1.82) is 0 Å². The predicted molar refractivity (Wildman–Crippen MR) is 151 cm³/mol. The van der Waals surface area contributed by atoms with Crippen molar-refractivity contribution in [2.75, 3.05) is 10.6 Å². The molecule has 0 radical (unpaired) electrons. The van der Waals surface area contributed by atoms with Crippen molar-refractivity contribution < 1.29 is 14.0 Å². The van der Waals surface area contributed by atoms with Crippen LogP contribution >= 0.6 is 23.2 Å². The van der Waals surface area contributed by atoms with Crippen molar-refractivity contribution in [3.8, 4) is 0 Å². The summed E-state index contributed by atoms with van der Waals surface area (Å²) in [5.74, 6) is -2.18. The zero-order valence-electron chi connectivity index (χ0n) is 21.7. The Bertz CT molecular complexity index is 1420. The maximum absolute atomic E-state index is 15.8. The Kier molecular flexibility index (Phi) is 6.79. The van der Waals surface area contributed by atoms with Gasteiger partial charge in [-0.05, 0) is 60.2 Å². The SMILES string of the molecule is Cc1ccc(NC(=O)[C@@H]2N[C@@H](CC(C)(C)C)[C@@]3(C(=O)Nc4cc(Cl)ccc43)[C@H]2c2cccc(Cl)c2F)cc1. The minimum atomic E-state index is -1.28. The molecule has 198 valence electrons. The van der Waals surface area contributed by atoms with Gasteiger partial charge in [0.1, 0.15) is 11.2 Å². The number of hydrogen-bond acceptors (Lipinski definition) is 3. The van der Waals surface area contributed by atoms with Crippen LogP contribution in [-0.2, 0) is 15.0 Å². The summed E-state index contributed by atoms with van der Waals surface area (Å²) in [6.45, 7) is 8.19. The van der Waals surface area contributed by atoms with Crippen molar-refractivity contribution in [2.24, 2.45) is 5.41 Å². The highest BCUT2D eigenvalue weighted by Crippen LogP contribution is 2.57. The van der Waals surface area contributed by atoms with Crippen LogP contribution in [-0.4, -0.2) is 23.9 Å². The largest absolute Gasteiger partial charge is 0.325 e. The average molecular weight is 554 g/mol. The Morgan fingerprint density at radius 3 is 2.47 bits per heavy atom. The van der Waals surface area contributed by atoms with Crippen LogP contribution < -0.4 is 16.0 Å². The molecule has 1 fully saturated rings. The first-order valence-corrected chi connectivity index (χ1v) is 13.4. The topological polar surface area (TPSA) is 70.2 Å². The fourth-order valence-corrected chi connectivity index (χ4v) is 6.36. The Morgan fingerprint density at radius 1 is 1.08 bits per heavy atom. The van der Waals surface area contributed by atoms with Gasteiger partial charge in [0, 0.05) is 28.4 Å². The van der Waals surface area contributed by atoms with Gasteiger partial charge in [-0.15, -0.1) is 0 Å². The van der Waals surface area contributed by atoms with E-state index in [1.165, 1.54) is 6.07 Å². The van der Waals surface area contributed by atoms with Crippen LogP contribution in [0.2, 0.25) is 10.0 Å². The molecule has 5 nitrogen and oxygen atoms in total. The number of carbonyl (C=O) groups excluding carboxylic acids is 2. The Labute approximate surface area is 232 Å². The summed E-state index contributed by atoms with van der Waals surface area (Å²) < 4.78 is 15.8. The van der Waals surface area contributed by atoms with Crippen molar-refractivity contribution in [1.82, 2.24) is 5.32 Å². The minimum absolute atomic E-state index is 0.0654. The first kappa shape index (κ1) is 26.7. The van der Waals surface area contributed by atoms with E-state index in [1.807, 2.05) is 37.3 Å². The number of benzene rings is 3. The minimum Gasteiger partial charge on any atom is -0.325 e. The number of fused-ring (bicyclic) bond motifs is 2. The van der Waals surface area contributed by atoms with Crippen LogP contribution in [0.5, 0.6) is 0 Å². The zero-order chi connectivity index (χ0) is 27.4. The Balaban J connectivity index is 1.72. The highest BCUT2D eigenvalue weighted by atomic mass is 35.5. The molecule has 5 rings (SSSR count). The van der Waals surface area contributed by atoms with E-state index in [-0.39, 0.29) is 27.8 Å². The molecule has 2 aliphatic heterocycles. The molecule has 2 aliphatic rings. The van der Waals surface area contributed by atoms with Gasteiger partial charge in [-0.3, -0.25) is 9.59 Å². The van der Waals surface area contributed by atoms with Crippen molar-refractivity contribution in [3.63, 3.8) is 0 Å². The van der Waals surface area contributed by atoms with Crippen LogP contribution in [0.25, 0.3) is 0 Å². The summed E-state index contributed by atoms with van der Waals surface area (Å²) in [5.41, 5.74) is 1.64. The third-order valence-corrected chi connectivity index (χ3v) is 8.07. The number of carbonyl (C=O) groups is 2. The van der Waals surface area contributed by atoms with E-state index in [0.717, 1.165) is 5.56 Å². The summed E-state index contributed by atoms with van der Waals surface area (Å²) in [7, 11) is 0. The molecule has 3 N–H and O–H groups in total. The number of rotatable bonds is 4. The van der Waals surface area contributed by atoms with Crippen LogP contribution in [0, 0.1) is 18.2 Å². The van der Waals surface area contributed by atoms with Crippen LogP contribution in [0.3, 0.4) is 0 Å². The molecule has 3 aromatic rings. The number of nitrogens with one attached hydrogen (secondary N) is 3. The second-order valence-corrected chi connectivity index (χ2v) is 12.3. The molecule has 0 aliphatic carbocycles. The van der Waals surface area contributed by atoms with Crippen LogP contribution in [0.15, 0.2) is 60.7 Å². The fraction of sp³-hybridized carbons (Fsp3) is 0.333. The molecule has 8 heteroatoms. The van der Waals surface area contributed by atoms with Crippen LogP contribution in [0.1, 0.15) is 49.8 Å². The fourth-order valence-electron chi connectivity index (χ4n) is 6.01. The number of anilines is 2. The Morgan fingerprint density at radius 2 is 1.79 bits per heavy atom. The van der Waals surface area contributed by atoms with Gasteiger partial charge in [-0.1, -0.05) is 79.9 Å². The van der Waals surface area contributed by atoms with Gasteiger partial charge in [0.25, 0.3) is 0 Å². The molecule has 3 aromatic carbocycles. The molecular weight excluding hydrogens is 524 g/mol. The monoisotopic (exact) mass is 553 g/mol. The van der Waals surface area contributed by atoms with E-state index in [4.69, 9.17) is 23.2 Å². The van der Waals surface area contributed by atoms with Crippen molar-refractivity contribution in [3.05, 3.63) is 93.2 Å². The number of halogens is 3. The summed E-state index contributed by atoms with van der Waals surface area (Å²) >= 11 is 12.5. The lowest BCUT2D eigenvalue weighted by Gasteiger charge is -2.37. The van der Waals surface area contributed by atoms with Gasteiger partial charge < -0.3 is 16.0 Å². The quantitative estimate of drug-likeness (QED) is 0.331. The molecule has 4 atom stereocenters. The second-order valence-electron chi connectivity index (χ2n) is 11.5.